The Labute approximate surface area is 81.4 Å². The minimum absolute atomic E-state index is 0.238. The van der Waals surface area contributed by atoms with Gasteiger partial charge in [0.1, 0.15) is 0 Å². The first-order valence-electron chi connectivity index (χ1n) is 4.58. The molecule has 1 N–H and O–H groups in total. The molecular formula is C11H11FO2. The molecule has 0 spiro atoms. The van der Waals surface area contributed by atoms with Crippen molar-refractivity contribution < 1.29 is 14.3 Å². The Hall–Kier alpha value is -1.38. The summed E-state index contributed by atoms with van der Waals surface area (Å²) in [7, 11) is 0. The van der Waals surface area contributed by atoms with Crippen LogP contribution in [0.15, 0.2) is 24.3 Å². The fourth-order valence-corrected chi connectivity index (χ4v) is 1.63. The molecule has 1 aliphatic carbocycles. The van der Waals surface area contributed by atoms with Gasteiger partial charge < -0.3 is 5.11 Å². The summed E-state index contributed by atoms with van der Waals surface area (Å²) in [6.45, 7) is -0.393. The summed E-state index contributed by atoms with van der Waals surface area (Å²) < 4.78 is 12.7. The van der Waals surface area contributed by atoms with Gasteiger partial charge in [-0.05, 0) is 30.5 Å². The van der Waals surface area contributed by atoms with Gasteiger partial charge in [0, 0.05) is 5.41 Å². The number of aromatic carboxylic acids is 1. The smallest absolute Gasteiger partial charge is 0.335 e. The summed E-state index contributed by atoms with van der Waals surface area (Å²) in [6.07, 6.45) is 1.65. The van der Waals surface area contributed by atoms with Gasteiger partial charge in [-0.3, -0.25) is 4.39 Å². The summed E-state index contributed by atoms with van der Waals surface area (Å²) in [5.74, 6) is -0.957. The molecule has 0 saturated heterocycles. The highest BCUT2D eigenvalue weighted by molar-refractivity contribution is 5.87. The molecule has 2 rings (SSSR count). The molecule has 0 atom stereocenters. The molecule has 3 heteroatoms. The number of hydrogen-bond donors (Lipinski definition) is 1. The van der Waals surface area contributed by atoms with Gasteiger partial charge in [-0.15, -0.1) is 0 Å². The number of carboxylic acids is 1. The van der Waals surface area contributed by atoms with Crippen molar-refractivity contribution in [3.05, 3.63) is 35.4 Å². The van der Waals surface area contributed by atoms with Gasteiger partial charge in [0.2, 0.25) is 0 Å². The normalized spacial score (nSPS) is 17.8. The molecule has 74 valence electrons. The summed E-state index contributed by atoms with van der Waals surface area (Å²) in [5.41, 5.74) is 0.688. The third-order valence-electron chi connectivity index (χ3n) is 2.83. The van der Waals surface area contributed by atoms with Gasteiger partial charge in [-0.25, -0.2) is 4.79 Å². The van der Waals surface area contributed by atoms with Gasteiger partial charge in [-0.2, -0.15) is 0 Å². The molecule has 0 heterocycles. The summed E-state index contributed by atoms with van der Waals surface area (Å²) in [6, 6.07) is 6.59. The highest BCUT2D eigenvalue weighted by Crippen LogP contribution is 2.48. The summed E-state index contributed by atoms with van der Waals surface area (Å²) in [5, 5.41) is 8.77. The molecule has 1 aromatic carbocycles. The number of benzene rings is 1. The van der Waals surface area contributed by atoms with Crippen LogP contribution in [0.4, 0.5) is 4.39 Å². The molecule has 0 aromatic heterocycles. The van der Waals surface area contributed by atoms with E-state index in [0.29, 0.717) is 0 Å². The van der Waals surface area contributed by atoms with Crippen molar-refractivity contribution in [2.24, 2.45) is 0 Å². The second kappa shape index (κ2) is 3.08. The molecule has 1 saturated carbocycles. The Kier molecular flexibility index (Phi) is 2.02. The number of rotatable bonds is 3. The Morgan fingerprint density at radius 2 is 2.21 bits per heavy atom. The van der Waals surface area contributed by atoms with Crippen molar-refractivity contribution in [1.29, 1.82) is 0 Å². The van der Waals surface area contributed by atoms with Crippen LogP contribution >= 0.6 is 0 Å². The van der Waals surface area contributed by atoms with Crippen molar-refractivity contribution in [3.8, 4) is 0 Å². The van der Waals surface area contributed by atoms with E-state index in [2.05, 4.69) is 0 Å². The standard InChI is InChI=1S/C11H11FO2/c12-7-11(4-5-11)9-3-1-2-8(6-9)10(13)14/h1-3,6H,4-5,7H2,(H,13,14). The highest BCUT2D eigenvalue weighted by Gasteiger charge is 2.44. The van der Waals surface area contributed by atoms with Crippen LogP contribution in [0.5, 0.6) is 0 Å². The molecule has 14 heavy (non-hydrogen) atoms. The first kappa shape index (κ1) is 9.19. The first-order chi connectivity index (χ1) is 6.68. The molecule has 1 aliphatic rings. The minimum atomic E-state index is -0.957. The molecule has 0 bridgehead atoms. The van der Waals surface area contributed by atoms with Crippen molar-refractivity contribution in [3.63, 3.8) is 0 Å². The monoisotopic (exact) mass is 194 g/mol. The molecule has 0 aliphatic heterocycles. The highest BCUT2D eigenvalue weighted by atomic mass is 19.1. The van der Waals surface area contributed by atoms with Crippen LogP contribution < -0.4 is 0 Å². The number of halogens is 1. The van der Waals surface area contributed by atoms with E-state index in [9.17, 15) is 9.18 Å². The number of carbonyl (C=O) groups is 1. The van der Waals surface area contributed by atoms with E-state index in [-0.39, 0.29) is 11.0 Å². The zero-order valence-electron chi connectivity index (χ0n) is 7.66. The van der Waals surface area contributed by atoms with Crippen LogP contribution in [0.25, 0.3) is 0 Å². The maximum Gasteiger partial charge on any atom is 0.335 e. The zero-order chi connectivity index (χ0) is 10.2. The van der Waals surface area contributed by atoms with Gasteiger partial charge in [0.15, 0.2) is 0 Å². The maximum absolute atomic E-state index is 12.7. The first-order valence-corrected chi connectivity index (χ1v) is 4.58. The van der Waals surface area contributed by atoms with Crippen molar-refractivity contribution in [2.75, 3.05) is 6.67 Å². The van der Waals surface area contributed by atoms with E-state index in [1.807, 2.05) is 0 Å². The summed E-state index contributed by atoms with van der Waals surface area (Å²) >= 11 is 0. The molecule has 0 unspecified atom stereocenters. The molecule has 0 radical (unpaired) electrons. The lowest BCUT2D eigenvalue weighted by atomic mass is 9.96. The van der Waals surface area contributed by atoms with E-state index in [4.69, 9.17) is 5.11 Å². The fourth-order valence-electron chi connectivity index (χ4n) is 1.63. The zero-order valence-corrected chi connectivity index (χ0v) is 7.66. The van der Waals surface area contributed by atoms with Crippen LogP contribution in [0.2, 0.25) is 0 Å². The predicted octanol–water partition coefficient (Wildman–Crippen LogP) is 2.39. The largest absolute Gasteiger partial charge is 0.478 e. The van der Waals surface area contributed by atoms with Crippen LogP contribution in [-0.2, 0) is 5.41 Å². The lowest BCUT2D eigenvalue weighted by Gasteiger charge is -2.10. The van der Waals surface area contributed by atoms with E-state index in [1.54, 1.807) is 18.2 Å². The fraction of sp³-hybridized carbons (Fsp3) is 0.364. The van der Waals surface area contributed by atoms with Crippen LogP contribution in [0, 0.1) is 0 Å². The topological polar surface area (TPSA) is 37.3 Å². The van der Waals surface area contributed by atoms with Crippen LogP contribution in [0.3, 0.4) is 0 Å². The second-order valence-electron chi connectivity index (χ2n) is 3.80. The third kappa shape index (κ3) is 1.39. The van der Waals surface area contributed by atoms with E-state index in [1.165, 1.54) is 6.07 Å². The van der Waals surface area contributed by atoms with E-state index < -0.39 is 12.6 Å². The second-order valence-corrected chi connectivity index (χ2v) is 3.80. The van der Waals surface area contributed by atoms with Crippen LogP contribution in [-0.4, -0.2) is 17.8 Å². The van der Waals surface area contributed by atoms with Gasteiger partial charge in [-0.1, -0.05) is 12.1 Å². The Morgan fingerprint density at radius 3 is 2.71 bits per heavy atom. The average Bonchev–Trinajstić information content (AvgIpc) is 2.98. The van der Waals surface area contributed by atoms with Gasteiger partial charge in [0.05, 0.1) is 12.2 Å². The summed E-state index contributed by atoms with van der Waals surface area (Å²) in [4.78, 5) is 10.7. The number of carboxylic acid groups (broad SMARTS) is 1. The van der Waals surface area contributed by atoms with E-state index in [0.717, 1.165) is 18.4 Å². The Bertz CT molecular complexity index is 369. The molecule has 2 nitrogen and oxygen atoms in total. The van der Waals surface area contributed by atoms with Crippen molar-refractivity contribution in [2.45, 2.75) is 18.3 Å². The lowest BCUT2D eigenvalue weighted by molar-refractivity contribution is 0.0696. The maximum atomic E-state index is 12.7. The van der Waals surface area contributed by atoms with E-state index >= 15 is 0 Å². The number of alkyl halides is 1. The van der Waals surface area contributed by atoms with Gasteiger partial charge in [0.25, 0.3) is 0 Å². The van der Waals surface area contributed by atoms with Crippen molar-refractivity contribution >= 4 is 5.97 Å². The van der Waals surface area contributed by atoms with Crippen LogP contribution in [0.1, 0.15) is 28.8 Å². The quantitative estimate of drug-likeness (QED) is 0.802. The molecule has 0 amide bonds. The molecule has 1 fully saturated rings. The lowest BCUT2D eigenvalue weighted by Crippen LogP contribution is -2.10. The Morgan fingerprint density at radius 1 is 1.50 bits per heavy atom. The Balaban J connectivity index is 2.36. The minimum Gasteiger partial charge on any atom is -0.478 e. The average molecular weight is 194 g/mol. The van der Waals surface area contributed by atoms with Crippen molar-refractivity contribution in [1.82, 2.24) is 0 Å². The van der Waals surface area contributed by atoms with Gasteiger partial charge >= 0.3 is 5.97 Å². The SMILES string of the molecule is O=C(O)c1cccc(C2(CF)CC2)c1. The molecular weight excluding hydrogens is 183 g/mol. The predicted molar refractivity (Wildman–Crippen MR) is 50.3 cm³/mol. The number of hydrogen-bond acceptors (Lipinski definition) is 1. The third-order valence-corrected chi connectivity index (χ3v) is 2.83. The molecule has 1 aromatic rings.